The summed E-state index contributed by atoms with van der Waals surface area (Å²) in [6.07, 6.45) is -0.928. The first-order chi connectivity index (χ1) is 12.9. The predicted molar refractivity (Wildman–Crippen MR) is 90.3 cm³/mol. The Morgan fingerprint density at radius 3 is 2.15 bits per heavy atom. The molecule has 0 unspecified atom stereocenters. The molecule has 1 aromatic carbocycles. The number of aromatic nitrogens is 2. The Morgan fingerprint density at radius 1 is 1.04 bits per heavy atom. The number of carbonyl (C=O) groups excluding carboxylic acids is 2. The summed E-state index contributed by atoms with van der Waals surface area (Å²) in [5.41, 5.74) is -0.0517. The van der Waals surface area contributed by atoms with Crippen LogP contribution in [0.15, 0.2) is 36.7 Å². The summed E-state index contributed by atoms with van der Waals surface area (Å²) in [6, 6.07) is 4.47. The molecule has 0 bridgehead atoms. The second kappa shape index (κ2) is 7.60. The number of hydrogen-bond acceptors (Lipinski definition) is 5. The lowest BCUT2D eigenvalue weighted by Crippen LogP contribution is -2.48. The number of halogens is 3. The van der Waals surface area contributed by atoms with Gasteiger partial charge < -0.3 is 15.1 Å². The summed E-state index contributed by atoms with van der Waals surface area (Å²) in [6.45, 7) is 1.82. The number of piperazine rings is 1. The van der Waals surface area contributed by atoms with E-state index in [1.54, 1.807) is 9.80 Å². The first kappa shape index (κ1) is 18.6. The van der Waals surface area contributed by atoms with Crippen LogP contribution in [0.2, 0.25) is 0 Å². The molecular weight excluding hydrogens is 363 g/mol. The van der Waals surface area contributed by atoms with Crippen molar-refractivity contribution in [2.24, 2.45) is 0 Å². The van der Waals surface area contributed by atoms with Gasteiger partial charge in [0.2, 0.25) is 12.4 Å². The van der Waals surface area contributed by atoms with Crippen LogP contribution < -0.4 is 5.32 Å². The summed E-state index contributed by atoms with van der Waals surface area (Å²) < 4.78 is 37.7. The zero-order valence-electron chi connectivity index (χ0n) is 14.1. The van der Waals surface area contributed by atoms with Gasteiger partial charge in [-0.1, -0.05) is 0 Å². The molecular formula is C17H16F3N5O2. The van der Waals surface area contributed by atoms with Crippen LogP contribution in [0.1, 0.15) is 15.9 Å². The standard InChI is InChI=1S/C17H16F3N5O2/c18-17(19,20)13-1-3-14(4-2-13)23-16-21-9-12(10-22-16)15(27)25-7-5-24(11-26)6-8-25/h1-4,9-11H,5-8H2,(H,21,22,23). The SMILES string of the molecule is O=CN1CCN(C(=O)c2cnc(Nc3ccc(C(F)(F)F)cc3)nc2)CC1. The monoisotopic (exact) mass is 379 g/mol. The third-order valence-electron chi connectivity index (χ3n) is 4.12. The van der Waals surface area contributed by atoms with Gasteiger partial charge in [-0.05, 0) is 24.3 Å². The maximum Gasteiger partial charge on any atom is 0.416 e. The summed E-state index contributed by atoms with van der Waals surface area (Å²) in [5.74, 6) is -0.0706. The van der Waals surface area contributed by atoms with Crippen molar-refractivity contribution in [1.82, 2.24) is 19.8 Å². The number of alkyl halides is 3. The van der Waals surface area contributed by atoms with Gasteiger partial charge in [0.25, 0.3) is 5.91 Å². The number of rotatable bonds is 4. The fourth-order valence-corrected chi connectivity index (χ4v) is 2.59. The fourth-order valence-electron chi connectivity index (χ4n) is 2.59. The molecule has 1 N–H and O–H groups in total. The van der Waals surface area contributed by atoms with Crippen LogP contribution in [0.3, 0.4) is 0 Å². The van der Waals surface area contributed by atoms with Crippen LogP contribution in [0.25, 0.3) is 0 Å². The fraction of sp³-hybridized carbons (Fsp3) is 0.294. The number of anilines is 2. The Hall–Kier alpha value is -3.17. The minimum absolute atomic E-state index is 0.164. The predicted octanol–water partition coefficient (Wildman–Crippen LogP) is 2.15. The third-order valence-corrected chi connectivity index (χ3v) is 4.12. The molecule has 0 aliphatic carbocycles. The Morgan fingerprint density at radius 2 is 1.63 bits per heavy atom. The molecule has 1 saturated heterocycles. The summed E-state index contributed by atoms with van der Waals surface area (Å²) in [7, 11) is 0. The van der Waals surface area contributed by atoms with Crippen molar-refractivity contribution in [3.05, 3.63) is 47.8 Å². The van der Waals surface area contributed by atoms with Gasteiger partial charge >= 0.3 is 6.18 Å². The molecule has 1 fully saturated rings. The molecule has 1 aromatic heterocycles. The van der Waals surface area contributed by atoms with Crippen molar-refractivity contribution in [3.8, 4) is 0 Å². The van der Waals surface area contributed by atoms with Crippen molar-refractivity contribution < 1.29 is 22.8 Å². The van der Waals surface area contributed by atoms with Crippen LogP contribution >= 0.6 is 0 Å². The molecule has 0 atom stereocenters. The number of nitrogens with one attached hydrogen (secondary N) is 1. The van der Waals surface area contributed by atoms with Crippen LogP contribution in [0.4, 0.5) is 24.8 Å². The van der Waals surface area contributed by atoms with Crippen LogP contribution in [-0.4, -0.2) is 58.3 Å². The Bertz CT molecular complexity index is 801. The molecule has 7 nitrogen and oxygen atoms in total. The van der Waals surface area contributed by atoms with E-state index in [9.17, 15) is 22.8 Å². The quantitative estimate of drug-likeness (QED) is 0.824. The maximum atomic E-state index is 12.6. The average molecular weight is 379 g/mol. The molecule has 1 aliphatic heterocycles. The molecule has 142 valence electrons. The van der Waals surface area contributed by atoms with Crippen molar-refractivity contribution in [2.45, 2.75) is 6.18 Å². The van der Waals surface area contributed by atoms with Crippen molar-refractivity contribution in [3.63, 3.8) is 0 Å². The summed E-state index contributed by atoms with van der Waals surface area (Å²) in [4.78, 5) is 34.4. The van der Waals surface area contributed by atoms with Gasteiger partial charge in [0.15, 0.2) is 0 Å². The van der Waals surface area contributed by atoms with Crippen LogP contribution in [0, 0.1) is 0 Å². The van der Waals surface area contributed by atoms with Crippen LogP contribution in [0.5, 0.6) is 0 Å². The molecule has 10 heteroatoms. The number of benzene rings is 1. The minimum atomic E-state index is -4.39. The molecule has 0 saturated carbocycles. The van der Waals surface area contributed by atoms with Gasteiger partial charge in [0.1, 0.15) is 0 Å². The minimum Gasteiger partial charge on any atom is -0.342 e. The van der Waals surface area contributed by atoms with Crippen molar-refractivity contribution >= 4 is 24.0 Å². The second-order valence-electron chi connectivity index (χ2n) is 5.93. The molecule has 27 heavy (non-hydrogen) atoms. The van der Waals surface area contributed by atoms with Gasteiger partial charge in [-0.15, -0.1) is 0 Å². The van der Waals surface area contributed by atoms with Crippen molar-refractivity contribution in [1.29, 1.82) is 0 Å². The number of amides is 2. The lowest BCUT2D eigenvalue weighted by atomic mass is 10.2. The van der Waals surface area contributed by atoms with E-state index in [-0.39, 0.29) is 11.9 Å². The Balaban J connectivity index is 1.62. The number of hydrogen-bond donors (Lipinski definition) is 1. The van der Waals surface area contributed by atoms with Crippen molar-refractivity contribution in [2.75, 3.05) is 31.5 Å². The zero-order valence-corrected chi connectivity index (χ0v) is 14.1. The topological polar surface area (TPSA) is 78.4 Å². The van der Waals surface area contributed by atoms with E-state index < -0.39 is 11.7 Å². The average Bonchev–Trinajstić information content (AvgIpc) is 2.68. The second-order valence-corrected chi connectivity index (χ2v) is 5.93. The highest BCUT2D eigenvalue weighted by molar-refractivity contribution is 5.93. The Kier molecular flexibility index (Phi) is 5.24. The van der Waals surface area contributed by atoms with Gasteiger partial charge in [-0.3, -0.25) is 9.59 Å². The first-order valence-electron chi connectivity index (χ1n) is 8.12. The molecule has 1 aliphatic rings. The maximum absolute atomic E-state index is 12.6. The van der Waals surface area contributed by atoms with Gasteiger partial charge in [-0.25, -0.2) is 9.97 Å². The molecule has 2 heterocycles. The molecule has 0 radical (unpaired) electrons. The van der Waals surface area contributed by atoms with Crippen LogP contribution in [-0.2, 0) is 11.0 Å². The molecule has 0 spiro atoms. The highest BCUT2D eigenvalue weighted by Crippen LogP contribution is 2.30. The van der Waals surface area contributed by atoms with E-state index in [1.807, 2.05) is 0 Å². The van der Waals surface area contributed by atoms with E-state index in [0.717, 1.165) is 18.5 Å². The van der Waals surface area contributed by atoms with Gasteiger partial charge in [0.05, 0.1) is 11.1 Å². The molecule has 2 amide bonds. The smallest absolute Gasteiger partial charge is 0.342 e. The largest absolute Gasteiger partial charge is 0.416 e. The van der Waals surface area contributed by atoms with E-state index in [4.69, 9.17) is 0 Å². The van der Waals surface area contributed by atoms with Gasteiger partial charge in [0, 0.05) is 44.3 Å². The number of carbonyl (C=O) groups is 2. The summed E-state index contributed by atoms with van der Waals surface area (Å²) in [5, 5.41) is 2.78. The van der Waals surface area contributed by atoms with Gasteiger partial charge in [-0.2, -0.15) is 13.2 Å². The lowest BCUT2D eigenvalue weighted by molar-refractivity contribution is -0.137. The zero-order chi connectivity index (χ0) is 19.4. The number of nitrogens with zero attached hydrogens (tertiary/aromatic N) is 4. The lowest BCUT2D eigenvalue weighted by Gasteiger charge is -2.32. The molecule has 3 rings (SSSR count). The summed E-state index contributed by atoms with van der Waals surface area (Å²) >= 11 is 0. The van der Waals surface area contributed by atoms with E-state index in [1.165, 1.54) is 24.5 Å². The highest BCUT2D eigenvalue weighted by Gasteiger charge is 2.30. The molecule has 2 aromatic rings. The Labute approximate surface area is 152 Å². The third kappa shape index (κ3) is 4.52. The van der Waals surface area contributed by atoms with E-state index in [2.05, 4.69) is 15.3 Å². The normalized spacial score (nSPS) is 14.8. The van der Waals surface area contributed by atoms with E-state index in [0.29, 0.717) is 37.4 Å². The first-order valence-corrected chi connectivity index (χ1v) is 8.12. The highest BCUT2D eigenvalue weighted by atomic mass is 19.4. The van der Waals surface area contributed by atoms with E-state index >= 15 is 0 Å².